The zero-order valence-corrected chi connectivity index (χ0v) is 12.9. The molecule has 1 aliphatic heterocycles. The number of nitrogens with zero attached hydrogens (tertiary/aromatic N) is 1. The van der Waals surface area contributed by atoms with Crippen molar-refractivity contribution in [1.82, 2.24) is 10.2 Å². The third kappa shape index (κ3) is 4.77. The lowest BCUT2D eigenvalue weighted by Crippen LogP contribution is -2.60. The van der Waals surface area contributed by atoms with Crippen molar-refractivity contribution in [3.63, 3.8) is 0 Å². The number of hydrogen-bond donors (Lipinski definition) is 2. The Balaban J connectivity index is 2.73. The van der Waals surface area contributed by atoms with Crippen LogP contribution in [0.25, 0.3) is 0 Å². The molecule has 112 valence electrons. The third-order valence-corrected chi connectivity index (χ3v) is 3.97. The average molecular weight is 270 g/mol. The summed E-state index contributed by atoms with van der Waals surface area (Å²) in [6, 6.07) is 0.738. The average Bonchev–Trinajstić information content (AvgIpc) is 2.30. The maximum absolute atomic E-state index is 11.6. The van der Waals surface area contributed by atoms with E-state index in [-0.39, 0.29) is 6.04 Å². The van der Waals surface area contributed by atoms with Crippen LogP contribution in [0.4, 0.5) is 0 Å². The number of nitrogens with one attached hydrogen (secondary N) is 1. The van der Waals surface area contributed by atoms with Crippen LogP contribution in [0.1, 0.15) is 59.8 Å². The summed E-state index contributed by atoms with van der Waals surface area (Å²) in [6.07, 6.45) is 6.03. The van der Waals surface area contributed by atoms with Gasteiger partial charge in [0.25, 0.3) is 0 Å². The van der Waals surface area contributed by atoms with Crippen molar-refractivity contribution in [2.75, 3.05) is 13.1 Å². The number of rotatable bonds is 7. The summed E-state index contributed by atoms with van der Waals surface area (Å²) in [5, 5.41) is 12.8. The Bertz CT molecular complexity index is 292. The van der Waals surface area contributed by atoms with Gasteiger partial charge in [-0.1, -0.05) is 19.8 Å². The third-order valence-electron chi connectivity index (χ3n) is 3.97. The summed E-state index contributed by atoms with van der Waals surface area (Å²) < 4.78 is 0. The van der Waals surface area contributed by atoms with E-state index < -0.39 is 11.5 Å². The number of carboxylic acids is 1. The van der Waals surface area contributed by atoms with Gasteiger partial charge in [-0.3, -0.25) is 15.0 Å². The van der Waals surface area contributed by atoms with Crippen molar-refractivity contribution in [3.05, 3.63) is 0 Å². The molecule has 1 rings (SSSR count). The zero-order valence-electron chi connectivity index (χ0n) is 12.9. The Morgan fingerprint density at radius 1 is 1.47 bits per heavy atom. The van der Waals surface area contributed by atoms with Gasteiger partial charge in [-0.05, 0) is 46.6 Å². The fourth-order valence-corrected chi connectivity index (χ4v) is 3.15. The molecule has 1 saturated heterocycles. The van der Waals surface area contributed by atoms with Crippen molar-refractivity contribution in [1.29, 1.82) is 0 Å². The highest BCUT2D eigenvalue weighted by Gasteiger charge is 2.37. The van der Waals surface area contributed by atoms with E-state index >= 15 is 0 Å². The molecule has 0 spiro atoms. The Labute approximate surface area is 117 Å². The molecule has 4 heteroatoms. The minimum Gasteiger partial charge on any atom is -0.480 e. The highest BCUT2D eigenvalue weighted by Crippen LogP contribution is 2.23. The van der Waals surface area contributed by atoms with E-state index in [0.29, 0.717) is 12.6 Å². The lowest BCUT2D eigenvalue weighted by atomic mass is 9.93. The predicted octanol–water partition coefficient (Wildman–Crippen LogP) is 2.48. The van der Waals surface area contributed by atoms with Gasteiger partial charge in [0, 0.05) is 18.6 Å². The maximum Gasteiger partial charge on any atom is 0.324 e. The molecular formula is C15H30N2O2. The van der Waals surface area contributed by atoms with Crippen LogP contribution >= 0.6 is 0 Å². The Morgan fingerprint density at radius 2 is 2.16 bits per heavy atom. The number of carbonyl (C=O) groups is 1. The van der Waals surface area contributed by atoms with E-state index in [4.69, 9.17) is 0 Å². The van der Waals surface area contributed by atoms with Crippen LogP contribution in [0.5, 0.6) is 0 Å². The second kappa shape index (κ2) is 7.25. The molecule has 0 radical (unpaired) electrons. The fraction of sp³-hybridized carbons (Fsp3) is 0.933. The van der Waals surface area contributed by atoms with Gasteiger partial charge in [0.05, 0.1) is 0 Å². The first-order valence-corrected chi connectivity index (χ1v) is 7.64. The van der Waals surface area contributed by atoms with E-state index in [1.165, 1.54) is 32.1 Å². The first-order valence-electron chi connectivity index (χ1n) is 7.64. The van der Waals surface area contributed by atoms with E-state index in [1.807, 2.05) is 20.8 Å². The molecule has 1 aliphatic rings. The number of hydrogen-bond acceptors (Lipinski definition) is 3. The van der Waals surface area contributed by atoms with Crippen LogP contribution in [0.3, 0.4) is 0 Å². The largest absolute Gasteiger partial charge is 0.480 e. The zero-order chi connectivity index (χ0) is 14.5. The standard InChI is InChI=1S/C15H30N2O2/c1-5-8-13-9-6-7-10-17(13)11-15(4,14(18)19)16-12(2)3/h12-13,16H,5-11H2,1-4H3,(H,18,19). The van der Waals surface area contributed by atoms with Crippen LogP contribution in [-0.2, 0) is 4.79 Å². The topological polar surface area (TPSA) is 52.6 Å². The minimum absolute atomic E-state index is 0.176. The van der Waals surface area contributed by atoms with Crippen LogP contribution in [-0.4, -0.2) is 46.7 Å². The van der Waals surface area contributed by atoms with Crippen molar-refractivity contribution >= 4 is 5.97 Å². The van der Waals surface area contributed by atoms with E-state index in [2.05, 4.69) is 17.1 Å². The number of carboxylic acid groups (broad SMARTS) is 1. The second-order valence-corrected chi connectivity index (χ2v) is 6.35. The molecule has 2 unspecified atom stereocenters. The fourth-order valence-electron chi connectivity index (χ4n) is 3.15. The van der Waals surface area contributed by atoms with Crippen LogP contribution in [0.2, 0.25) is 0 Å². The summed E-state index contributed by atoms with van der Waals surface area (Å²) in [5.41, 5.74) is -0.850. The highest BCUT2D eigenvalue weighted by molar-refractivity contribution is 5.78. The Morgan fingerprint density at radius 3 is 2.68 bits per heavy atom. The Hall–Kier alpha value is -0.610. The lowest BCUT2D eigenvalue weighted by molar-refractivity contribution is -0.145. The van der Waals surface area contributed by atoms with Gasteiger partial charge < -0.3 is 5.11 Å². The highest BCUT2D eigenvalue weighted by atomic mass is 16.4. The van der Waals surface area contributed by atoms with Gasteiger partial charge >= 0.3 is 5.97 Å². The lowest BCUT2D eigenvalue weighted by Gasteiger charge is -2.41. The smallest absolute Gasteiger partial charge is 0.324 e. The van der Waals surface area contributed by atoms with Gasteiger partial charge in [-0.25, -0.2) is 0 Å². The minimum atomic E-state index is -0.850. The summed E-state index contributed by atoms with van der Waals surface area (Å²) in [7, 11) is 0. The first-order chi connectivity index (χ1) is 8.89. The maximum atomic E-state index is 11.6. The van der Waals surface area contributed by atoms with Crippen molar-refractivity contribution < 1.29 is 9.90 Å². The molecular weight excluding hydrogens is 240 g/mol. The van der Waals surface area contributed by atoms with E-state index in [9.17, 15) is 9.90 Å². The Kier molecular flexibility index (Phi) is 6.27. The molecule has 0 saturated carbocycles. The van der Waals surface area contributed by atoms with Gasteiger partial charge in [-0.15, -0.1) is 0 Å². The predicted molar refractivity (Wildman–Crippen MR) is 78.4 cm³/mol. The molecule has 0 aromatic rings. The van der Waals surface area contributed by atoms with Gasteiger partial charge in [0.2, 0.25) is 0 Å². The molecule has 0 amide bonds. The van der Waals surface area contributed by atoms with Crippen LogP contribution in [0, 0.1) is 0 Å². The molecule has 0 aromatic carbocycles. The summed E-state index contributed by atoms with van der Waals surface area (Å²) in [6.45, 7) is 9.66. The van der Waals surface area contributed by atoms with Crippen molar-refractivity contribution in [2.45, 2.75) is 77.4 Å². The molecule has 0 aliphatic carbocycles. The first kappa shape index (κ1) is 16.4. The van der Waals surface area contributed by atoms with Crippen molar-refractivity contribution in [3.8, 4) is 0 Å². The molecule has 0 aromatic heterocycles. The SMILES string of the molecule is CCCC1CCCCN1CC(C)(NC(C)C)C(=O)O. The normalized spacial score (nSPS) is 24.4. The summed E-state index contributed by atoms with van der Waals surface area (Å²) >= 11 is 0. The summed E-state index contributed by atoms with van der Waals surface area (Å²) in [5.74, 6) is -0.748. The van der Waals surface area contributed by atoms with Gasteiger partial charge in [0.15, 0.2) is 0 Å². The molecule has 2 N–H and O–H groups in total. The van der Waals surface area contributed by atoms with E-state index in [1.54, 1.807) is 0 Å². The molecule has 0 bridgehead atoms. The monoisotopic (exact) mass is 270 g/mol. The molecule has 1 fully saturated rings. The van der Waals surface area contributed by atoms with E-state index in [0.717, 1.165) is 6.54 Å². The van der Waals surface area contributed by atoms with Crippen LogP contribution in [0.15, 0.2) is 0 Å². The quantitative estimate of drug-likeness (QED) is 0.746. The second-order valence-electron chi connectivity index (χ2n) is 6.35. The molecule has 1 heterocycles. The van der Waals surface area contributed by atoms with Gasteiger partial charge in [-0.2, -0.15) is 0 Å². The van der Waals surface area contributed by atoms with Crippen molar-refractivity contribution in [2.24, 2.45) is 0 Å². The molecule has 4 nitrogen and oxygen atoms in total. The summed E-state index contributed by atoms with van der Waals surface area (Å²) in [4.78, 5) is 14.0. The number of piperidine rings is 1. The number of aliphatic carboxylic acids is 1. The molecule has 2 atom stereocenters. The number of likely N-dealkylation sites (tertiary alicyclic amines) is 1. The van der Waals surface area contributed by atoms with Gasteiger partial charge in [0.1, 0.15) is 5.54 Å². The van der Waals surface area contributed by atoms with Crippen LogP contribution < -0.4 is 5.32 Å². The molecule has 19 heavy (non-hydrogen) atoms.